The standard InChI is InChI=1S/C21H17FN2O3/c1-26-18-3-2-4-19(27-12-13-5-8-15(22)9-6-13)20(18)14-7-10-16-17(11-14)24-21(25)23-16/h2-11H,12H2,1H3,(H2,23,24,25). The van der Waals surface area contributed by atoms with E-state index in [-0.39, 0.29) is 11.5 Å². The number of aromatic nitrogens is 2. The van der Waals surface area contributed by atoms with Crippen LogP contribution in [0.1, 0.15) is 5.56 Å². The summed E-state index contributed by atoms with van der Waals surface area (Å²) < 4.78 is 24.6. The fourth-order valence-electron chi connectivity index (χ4n) is 3.02. The first kappa shape index (κ1) is 16.9. The Morgan fingerprint density at radius 2 is 1.67 bits per heavy atom. The molecule has 4 rings (SSSR count). The zero-order valence-corrected chi connectivity index (χ0v) is 14.6. The Morgan fingerprint density at radius 3 is 2.44 bits per heavy atom. The van der Waals surface area contributed by atoms with E-state index in [0.29, 0.717) is 23.6 Å². The average Bonchev–Trinajstić information content (AvgIpc) is 3.06. The molecule has 0 aliphatic carbocycles. The maximum Gasteiger partial charge on any atom is 0.323 e. The van der Waals surface area contributed by atoms with Crippen LogP contribution in [0.2, 0.25) is 0 Å². The molecule has 0 aliphatic rings. The van der Waals surface area contributed by atoms with Crippen molar-refractivity contribution in [3.05, 3.63) is 82.5 Å². The van der Waals surface area contributed by atoms with Crippen molar-refractivity contribution in [3.63, 3.8) is 0 Å². The maximum atomic E-state index is 13.1. The number of rotatable bonds is 5. The Balaban J connectivity index is 1.73. The van der Waals surface area contributed by atoms with Crippen molar-refractivity contribution in [2.24, 2.45) is 0 Å². The third kappa shape index (κ3) is 3.42. The molecule has 0 amide bonds. The molecule has 3 aromatic carbocycles. The molecular weight excluding hydrogens is 347 g/mol. The van der Waals surface area contributed by atoms with E-state index in [1.165, 1.54) is 12.1 Å². The number of benzene rings is 3. The molecular formula is C21H17FN2O3. The Kier molecular flexibility index (Phi) is 4.38. The number of methoxy groups -OCH3 is 1. The van der Waals surface area contributed by atoms with Gasteiger partial charge in [0, 0.05) is 0 Å². The van der Waals surface area contributed by atoms with Gasteiger partial charge in [-0.25, -0.2) is 9.18 Å². The van der Waals surface area contributed by atoms with Gasteiger partial charge < -0.3 is 19.4 Å². The molecule has 2 N–H and O–H groups in total. The minimum atomic E-state index is -0.283. The topological polar surface area (TPSA) is 67.1 Å². The zero-order chi connectivity index (χ0) is 18.8. The molecule has 0 radical (unpaired) electrons. The van der Waals surface area contributed by atoms with Crippen LogP contribution in [0.5, 0.6) is 11.5 Å². The second-order valence-electron chi connectivity index (χ2n) is 6.09. The zero-order valence-electron chi connectivity index (χ0n) is 14.6. The van der Waals surface area contributed by atoms with Gasteiger partial charge >= 0.3 is 5.69 Å². The molecule has 6 heteroatoms. The van der Waals surface area contributed by atoms with Gasteiger partial charge in [-0.15, -0.1) is 0 Å². The lowest BCUT2D eigenvalue weighted by molar-refractivity contribution is 0.305. The largest absolute Gasteiger partial charge is 0.496 e. The van der Waals surface area contributed by atoms with E-state index in [0.717, 1.165) is 22.2 Å². The number of imidazole rings is 1. The van der Waals surface area contributed by atoms with Crippen LogP contribution in [0.15, 0.2) is 65.5 Å². The van der Waals surface area contributed by atoms with Gasteiger partial charge in [-0.1, -0.05) is 24.3 Å². The number of halogens is 1. The molecule has 0 spiro atoms. The number of H-pyrrole nitrogens is 2. The van der Waals surface area contributed by atoms with Gasteiger partial charge in [0.1, 0.15) is 23.9 Å². The molecule has 0 fully saturated rings. The summed E-state index contributed by atoms with van der Waals surface area (Å²) >= 11 is 0. The highest BCUT2D eigenvalue weighted by Gasteiger charge is 2.14. The highest BCUT2D eigenvalue weighted by molar-refractivity contribution is 5.85. The molecule has 1 aromatic heterocycles. The van der Waals surface area contributed by atoms with Crippen molar-refractivity contribution >= 4 is 11.0 Å². The summed E-state index contributed by atoms with van der Waals surface area (Å²) in [6.07, 6.45) is 0. The minimum absolute atomic E-state index is 0.255. The number of ether oxygens (including phenoxy) is 2. The number of hydrogen-bond acceptors (Lipinski definition) is 3. The van der Waals surface area contributed by atoms with Gasteiger partial charge in [0.05, 0.1) is 23.7 Å². The van der Waals surface area contributed by atoms with Crippen LogP contribution >= 0.6 is 0 Å². The second kappa shape index (κ2) is 6.99. The first-order valence-electron chi connectivity index (χ1n) is 8.41. The van der Waals surface area contributed by atoms with Crippen LogP contribution in [0, 0.1) is 5.82 Å². The van der Waals surface area contributed by atoms with E-state index in [2.05, 4.69) is 9.97 Å². The van der Waals surface area contributed by atoms with Crippen molar-refractivity contribution < 1.29 is 13.9 Å². The molecule has 136 valence electrons. The van der Waals surface area contributed by atoms with E-state index in [9.17, 15) is 9.18 Å². The molecule has 0 saturated carbocycles. The highest BCUT2D eigenvalue weighted by atomic mass is 19.1. The van der Waals surface area contributed by atoms with Gasteiger partial charge in [-0.05, 0) is 47.5 Å². The van der Waals surface area contributed by atoms with Crippen LogP contribution < -0.4 is 15.2 Å². The predicted octanol–water partition coefficient (Wildman–Crippen LogP) is 4.25. The van der Waals surface area contributed by atoms with Crippen LogP contribution in [0.4, 0.5) is 4.39 Å². The fraction of sp³-hybridized carbons (Fsp3) is 0.0952. The SMILES string of the molecule is COc1cccc(OCc2ccc(F)cc2)c1-c1ccc2[nH]c(=O)[nH]c2c1. The second-order valence-corrected chi connectivity index (χ2v) is 6.09. The molecule has 0 atom stereocenters. The van der Waals surface area contributed by atoms with Gasteiger partial charge in [-0.3, -0.25) is 0 Å². The highest BCUT2D eigenvalue weighted by Crippen LogP contribution is 2.39. The van der Waals surface area contributed by atoms with E-state index in [1.54, 1.807) is 19.2 Å². The van der Waals surface area contributed by atoms with Crippen molar-refractivity contribution in [2.75, 3.05) is 7.11 Å². The Morgan fingerprint density at radius 1 is 0.926 bits per heavy atom. The van der Waals surface area contributed by atoms with E-state index >= 15 is 0 Å². The number of hydrogen-bond donors (Lipinski definition) is 2. The van der Waals surface area contributed by atoms with E-state index in [4.69, 9.17) is 9.47 Å². The predicted molar refractivity (Wildman–Crippen MR) is 102 cm³/mol. The quantitative estimate of drug-likeness (QED) is 0.556. The molecule has 0 saturated heterocycles. The molecule has 4 aromatic rings. The summed E-state index contributed by atoms with van der Waals surface area (Å²) in [6, 6.07) is 17.3. The number of aromatic amines is 2. The van der Waals surface area contributed by atoms with Gasteiger partial charge in [0.15, 0.2) is 0 Å². The lowest BCUT2D eigenvalue weighted by Gasteiger charge is -2.15. The molecule has 5 nitrogen and oxygen atoms in total. The van der Waals surface area contributed by atoms with Gasteiger partial charge in [0.25, 0.3) is 0 Å². The Labute approximate surface area is 154 Å². The normalized spacial score (nSPS) is 10.9. The summed E-state index contributed by atoms with van der Waals surface area (Å²) in [5.41, 5.74) is 3.67. The monoisotopic (exact) mass is 364 g/mol. The smallest absolute Gasteiger partial charge is 0.323 e. The van der Waals surface area contributed by atoms with Gasteiger partial charge in [0.2, 0.25) is 0 Å². The van der Waals surface area contributed by atoms with Crippen molar-refractivity contribution in [1.29, 1.82) is 0 Å². The summed E-state index contributed by atoms with van der Waals surface area (Å²) in [5, 5.41) is 0. The third-order valence-corrected chi connectivity index (χ3v) is 4.32. The summed E-state index contributed by atoms with van der Waals surface area (Å²) in [6.45, 7) is 0.295. The van der Waals surface area contributed by atoms with E-state index < -0.39 is 0 Å². The van der Waals surface area contributed by atoms with Crippen LogP contribution in [-0.4, -0.2) is 17.1 Å². The lowest BCUT2D eigenvalue weighted by atomic mass is 10.0. The molecule has 1 heterocycles. The first-order chi connectivity index (χ1) is 13.1. The third-order valence-electron chi connectivity index (χ3n) is 4.32. The molecule has 27 heavy (non-hydrogen) atoms. The summed E-state index contributed by atoms with van der Waals surface area (Å²) in [5.74, 6) is 1.01. The van der Waals surface area contributed by atoms with Crippen molar-refractivity contribution in [1.82, 2.24) is 9.97 Å². The first-order valence-corrected chi connectivity index (χ1v) is 8.41. The van der Waals surface area contributed by atoms with Crippen LogP contribution in [0.25, 0.3) is 22.2 Å². The molecule has 0 unspecified atom stereocenters. The summed E-state index contributed by atoms with van der Waals surface area (Å²) in [7, 11) is 1.60. The average molecular weight is 364 g/mol. The molecule has 0 bridgehead atoms. The van der Waals surface area contributed by atoms with Crippen LogP contribution in [0.3, 0.4) is 0 Å². The Hall–Kier alpha value is -3.54. The van der Waals surface area contributed by atoms with Crippen LogP contribution in [-0.2, 0) is 6.61 Å². The fourth-order valence-corrected chi connectivity index (χ4v) is 3.02. The maximum absolute atomic E-state index is 13.1. The minimum Gasteiger partial charge on any atom is -0.496 e. The van der Waals surface area contributed by atoms with Crippen molar-refractivity contribution in [2.45, 2.75) is 6.61 Å². The number of fused-ring (bicyclic) bond motifs is 1. The Bertz CT molecular complexity index is 1150. The molecule has 0 aliphatic heterocycles. The summed E-state index contributed by atoms with van der Waals surface area (Å²) in [4.78, 5) is 17.0. The van der Waals surface area contributed by atoms with Gasteiger partial charge in [-0.2, -0.15) is 0 Å². The van der Waals surface area contributed by atoms with E-state index in [1.807, 2.05) is 36.4 Å². The number of nitrogens with one attached hydrogen (secondary N) is 2. The lowest BCUT2D eigenvalue weighted by Crippen LogP contribution is -1.99. The van der Waals surface area contributed by atoms with Crippen molar-refractivity contribution in [3.8, 4) is 22.6 Å².